The predicted molar refractivity (Wildman–Crippen MR) is 96.6 cm³/mol. The van der Waals surface area contributed by atoms with Gasteiger partial charge in [0.1, 0.15) is 0 Å². The Morgan fingerprint density at radius 1 is 1.00 bits per heavy atom. The van der Waals surface area contributed by atoms with Crippen LogP contribution >= 0.6 is 59.4 Å². The topological polar surface area (TPSA) is 12.0 Å². The molecule has 1 nitrogen and oxygen atoms in total. The molecule has 0 heterocycles. The second-order valence-electron chi connectivity index (χ2n) is 4.51. The van der Waals surface area contributed by atoms with Gasteiger partial charge in [0.25, 0.3) is 0 Å². The van der Waals surface area contributed by atoms with Crippen LogP contribution in [0.25, 0.3) is 0 Å². The number of hydrogen-bond donors (Lipinski definition) is 1. The minimum Gasteiger partial charge on any atom is -0.309 e. The van der Waals surface area contributed by atoms with Crippen molar-refractivity contribution >= 4 is 59.4 Å². The van der Waals surface area contributed by atoms with E-state index in [1.807, 2.05) is 25.2 Å². The molecule has 5 heteroatoms. The van der Waals surface area contributed by atoms with Crippen LogP contribution in [-0.2, 0) is 0 Å². The zero-order valence-corrected chi connectivity index (χ0v) is 16.5. The highest BCUT2D eigenvalue weighted by molar-refractivity contribution is 9.11. The van der Waals surface area contributed by atoms with Gasteiger partial charge in [0.05, 0.1) is 6.04 Å². The quantitative estimate of drug-likeness (QED) is 0.546. The van der Waals surface area contributed by atoms with Gasteiger partial charge in [0, 0.05) is 18.4 Å². The van der Waals surface area contributed by atoms with Crippen LogP contribution in [0, 0.1) is 6.92 Å². The van der Waals surface area contributed by atoms with E-state index in [4.69, 9.17) is 11.6 Å². The van der Waals surface area contributed by atoms with E-state index >= 15 is 0 Å². The Balaban J connectivity index is 2.55. The fourth-order valence-corrected chi connectivity index (χ4v) is 3.93. The highest BCUT2D eigenvalue weighted by atomic mass is 79.9. The summed E-state index contributed by atoms with van der Waals surface area (Å²) >= 11 is 17.1. The van der Waals surface area contributed by atoms with Crippen molar-refractivity contribution in [2.75, 3.05) is 7.05 Å². The van der Waals surface area contributed by atoms with Crippen LogP contribution in [0.4, 0.5) is 0 Å². The SMILES string of the molecule is CNC(c1ccc(Br)cc1Cl)c1cc(Br)c(C)cc1Br. The summed E-state index contributed by atoms with van der Waals surface area (Å²) in [6.45, 7) is 2.07. The van der Waals surface area contributed by atoms with Crippen LogP contribution in [0.15, 0.2) is 43.7 Å². The van der Waals surface area contributed by atoms with Crippen LogP contribution in [-0.4, -0.2) is 7.05 Å². The molecule has 0 saturated carbocycles. The molecular weight excluding hydrogens is 469 g/mol. The number of aryl methyl sites for hydroxylation is 1. The van der Waals surface area contributed by atoms with Crippen LogP contribution in [0.5, 0.6) is 0 Å². The molecule has 1 atom stereocenters. The van der Waals surface area contributed by atoms with Crippen molar-refractivity contribution in [2.45, 2.75) is 13.0 Å². The number of benzene rings is 2. The van der Waals surface area contributed by atoms with E-state index in [-0.39, 0.29) is 6.04 Å². The highest BCUT2D eigenvalue weighted by Gasteiger charge is 2.19. The van der Waals surface area contributed by atoms with Crippen LogP contribution in [0.2, 0.25) is 5.02 Å². The Bertz CT molecular complexity index is 643. The van der Waals surface area contributed by atoms with Crippen LogP contribution < -0.4 is 5.32 Å². The molecule has 1 unspecified atom stereocenters. The zero-order chi connectivity index (χ0) is 14.9. The number of nitrogens with one attached hydrogen (secondary N) is 1. The molecule has 0 aliphatic heterocycles. The molecule has 0 aliphatic carbocycles. The Kier molecular flexibility index (Phi) is 5.71. The minimum atomic E-state index is 0.0295. The standard InChI is InChI=1S/C15H13Br3ClN/c1-8-5-13(18)11(7-12(8)17)15(20-2)10-4-3-9(16)6-14(10)19/h3-7,15,20H,1-2H3. The number of hydrogen-bond acceptors (Lipinski definition) is 1. The average Bonchev–Trinajstić information content (AvgIpc) is 2.38. The molecule has 0 fully saturated rings. The second kappa shape index (κ2) is 6.93. The first kappa shape index (κ1) is 16.5. The van der Waals surface area contributed by atoms with E-state index in [0.29, 0.717) is 0 Å². The van der Waals surface area contributed by atoms with E-state index < -0.39 is 0 Å². The molecule has 0 spiro atoms. The Hall–Kier alpha value is 0.130. The normalized spacial score (nSPS) is 12.5. The molecule has 0 amide bonds. The molecule has 20 heavy (non-hydrogen) atoms. The first-order chi connectivity index (χ1) is 9.43. The van der Waals surface area contributed by atoms with Gasteiger partial charge < -0.3 is 5.32 Å². The number of halogens is 4. The maximum Gasteiger partial charge on any atom is 0.0600 e. The summed E-state index contributed by atoms with van der Waals surface area (Å²) in [5, 5.41) is 4.07. The van der Waals surface area contributed by atoms with Crippen molar-refractivity contribution in [1.29, 1.82) is 0 Å². The summed E-state index contributed by atoms with van der Waals surface area (Å²) in [6, 6.07) is 10.2. The van der Waals surface area contributed by atoms with Crippen molar-refractivity contribution in [3.8, 4) is 0 Å². The third kappa shape index (κ3) is 3.47. The van der Waals surface area contributed by atoms with Crippen molar-refractivity contribution in [2.24, 2.45) is 0 Å². The summed E-state index contributed by atoms with van der Waals surface area (Å²) in [7, 11) is 1.93. The van der Waals surface area contributed by atoms with Gasteiger partial charge in [-0.1, -0.05) is 65.5 Å². The molecular formula is C15H13Br3ClN. The monoisotopic (exact) mass is 479 g/mol. The van der Waals surface area contributed by atoms with Crippen LogP contribution in [0.1, 0.15) is 22.7 Å². The molecule has 2 rings (SSSR count). The molecule has 0 aromatic heterocycles. The molecule has 0 saturated heterocycles. The predicted octanol–water partition coefficient (Wildman–Crippen LogP) is 6.24. The van der Waals surface area contributed by atoms with Crippen molar-refractivity contribution in [3.63, 3.8) is 0 Å². The third-order valence-corrected chi connectivity index (χ3v) is 5.51. The molecule has 0 radical (unpaired) electrons. The lowest BCUT2D eigenvalue weighted by atomic mass is 9.98. The zero-order valence-electron chi connectivity index (χ0n) is 11.0. The first-order valence-electron chi connectivity index (χ1n) is 6.01. The molecule has 0 aliphatic rings. The maximum absolute atomic E-state index is 6.38. The third-order valence-electron chi connectivity index (χ3n) is 3.15. The van der Waals surface area contributed by atoms with Gasteiger partial charge in [0.2, 0.25) is 0 Å². The average molecular weight is 482 g/mol. The molecule has 2 aromatic rings. The van der Waals surface area contributed by atoms with Crippen LogP contribution in [0.3, 0.4) is 0 Å². The summed E-state index contributed by atoms with van der Waals surface area (Å²) in [4.78, 5) is 0. The summed E-state index contributed by atoms with van der Waals surface area (Å²) < 4.78 is 3.13. The lowest BCUT2D eigenvalue weighted by Crippen LogP contribution is -2.18. The van der Waals surface area contributed by atoms with Crippen molar-refractivity contribution < 1.29 is 0 Å². The maximum atomic E-state index is 6.38. The fraction of sp³-hybridized carbons (Fsp3) is 0.200. The van der Waals surface area contributed by atoms with Gasteiger partial charge in [-0.2, -0.15) is 0 Å². The minimum absolute atomic E-state index is 0.0295. The molecule has 2 aromatic carbocycles. The largest absolute Gasteiger partial charge is 0.309 e. The summed E-state index contributed by atoms with van der Waals surface area (Å²) in [6.07, 6.45) is 0. The summed E-state index contributed by atoms with van der Waals surface area (Å²) in [5.41, 5.74) is 3.39. The van der Waals surface area contributed by atoms with Gasteiger partial charge in [-0.3, -0.25) is 0 Å². The van der Waals surface area contributed by atoms with Crippen molar-refractivity contribution in [3.05, 3.63) is 65.5 Å². The Labute approximate surface area is 149 Å². The Morgan fingerprint density at radius 2 is 1.70 bits per heavy atom. The lowest BCUT2D eigenvalue weighted by Gasteiger charge is -2.21. The van der Waals surface area contributed by atoms with Crippen molar-refractivity contribution in [1.82, 2.24) is 5.32 Å². The van der Waals surface area contributed by atoms with E-state index in [9.17, 15) is 0 Å². The van der Waals surface area contributed by atoms with Gasteiger partial charge in [0.15, 0.2) is 0 Å². The Morgan fingerprint density at radius 3 is 2.30 bits per heavy atom. The van der Waals surface area contributed by atoms with Gasteiger partial charge in [-0.15, -0.1) is 0 Å². The summed E-state index contributed by atoms with van der Waals surface area (Å²) in [5.74, 6) is 0. The molecule has 0 bridgehead atoms. The smallest absolute Gasteiger partial charge is 0.0600 e. The highest BCUT2D eigenvalue weighted by Crippen LogP contribution is 2.36. The second-order valence-corrected chi connectivity index (χ2v) is 7.54. The van der Waals surface area contributed by atoms with E-state index in [1.165, 1.54) is 5.56 Å². The first-order valence-corrected chi connectivity index (χ1v) is 8.77. The van der Waals surface area contributed by atoms with Gasteiger partial charge in [-0.25, -0.2) is 0 Å². The van der Waals surface area contributed by atoms with E-state index in [2.05, 4.69) is 72.2 Å². The van der Waals surface area contributed by atoms with Gasteiger partial charge in [-0.05, 0) is 54.9 Å². The number of rotatable bonds is 3. The van der Waals surface area contributed by atoms with Gasteiger partial charge >= 0.3 is 0 Å². The fourth-order valence-electron chi connectivity index (χ4n) is 2.10. The van der Waals surface area contributed by atoms with E-state index in [1.54, 1.807) is 0 Å². The molecule has 1 N–H and O–H groups in total. The molecule has 106 valence electrons. The van der Waals surface area contributed by atoms with E-state index in [0.717, 1.165) is 29.6 Å². The lowest BCUT2D eigenvalue weighted by molar-refractivity contribution is 0.688.